The first-order chi connectivity index (χ1) is 13.4. The maximum absolute atomic E-state index is 12.9. The third-order valence-electron chi connectivity index (χ3n) is 4.19. The lowest BCUT2D eigenvalue weighted by molar-refractivity contribution is -0.142. The number of carbonyl (C=O) groups is 2. The van der Waals surface area contributed by atoms with Gasteiger partial charge < -0.3 is 15.0 Å². The molecule has 0 aliphatic carbocycles. The third kappa shape index (κ3) is 6.53. The number of benzene rings is 2. The molecular weight excluding hydrogens is 444 g/mol. The number of rotatable bonds is 9. The van der Waals surface area contributed by atoms with E-state index in [1.54, 1.807) is 25.1 Å². The van der Waals surface area contributed by atoms with Crippen molar-refractivity contribution >= 4 is 39.3 Å². The average molecular weight is 468 g/mol. The molecule has 0 saturated carbocycles. The topological polar surface area (TPSA) is 58.6 Å². The van der Waals surface area contributed by atoms with E-state index in [0.717, 1.165) is 16.5 Å². The molecule has 0 radical (unpaired) electrons. The Morgan fingerprint density at radius 2 is 1.86 bits per heavy atom. The Balaban J connectivity index is 2.13. The number of ether oxygens (including phenoxy) is 1. The van der Waals surface area contributed by atoms with Crippen LogP contribution in [-0.2, 0) is 16.1 Å². The fourth-order valence-corrected chi connectivity index (χ4v) is 3.01. The normalized spacial score (nSPS) is 11.6. The molecule has 0 heterocycles. The van der Waals surface area contributed by atoms with Crippen LogP contribution in [0.2, 0.25) is 5.02 Å². The minimum atomic E-state index is -0.649. The summed E-state index contributed by atoms with van der Waals surface area (Å²) in [5, 5.41) is 3.39. The van der Waals surface area contributed by atoms with Gasteiger partial charge in [-0.05, 0) is 49.2 Å². The van der Waals surface area contributed by atoms with Crippen molar-refractivity contribution < 1.29 is 14.3 Å². The predicted molar refractivity (Wildman–Crippen MR) is 114 cm³/mol. The van der Waals surface area contributed by atoms with Gasteiger partial charge in [-0.15, -0.1) is 0 Å². The second-order valence-electron chi connectivity index (χ2n) is 6.32. The number of hydrogen-bond donors (Lipinski definition) is 1. The summed E-state index contributed by atoms with van der Waals surface area (Å²) in [6.45, 7) is 4.30. The first kappa shape index (κ1) is 22.2. The summed E-state index contributed by atoms with van der Waals surface area (Å²) in [7, 11) is 0. The van der Waals surface area contributed by atoms with Gasteiger partial charge in [0.2, 0.25) is 5.91 Å². The summed E-state index contributed by atoms with van der Waals surface area (Å²) in [6.07, 6.45) is 0.823. The Morgan fingerprint density at radius 1 is 1.18 bits per heavy atom. The van der Waals surface area contributed by atoms with Crippen molar-refractivity contribution in [3.05, 3.63) is 63.6 Å². The Morgan fingerprint density at radius 3 is 2.50 bits per heavy atom. The van der Waals surface area contributed by atoms with Crippen LogP contribution in [0.15, 0.2) is 53.0 Å². The maximum atomic E-state index is 12.9. The summed E-state index contributed by atoms with van der Waals surface area (Å²) in [5.41, 5.74) is 0.774. The molecule has 0 fully saturated rings. The van der Waals surface area contributed by atoms with Crippen LogP contribution in [0.5, 0.6) is 5.75 Å². The smallest absolute Gasteiger partial charge is 0.261 e. The van der Waals surface area contributed by atoms with Gasteiger partial charge in [-0.2, -0.15) is 0 Å². The van der Waals surface area contributed by atoms with Crippen LogP contribution in [0.4, 0.5) is 0 Å². The first-order valence-corrected chi connectivity index (χ1v) is 10.3. The zero-order chi connectivity index (χ0) is 20.5. The summed E-state index contributed by atoms with van der Waals surface area (Å²) < 4.78 is 6.53. The molecule has 28 heavy (non-hydrogen) atoms. The molecule has 2 aromatic carbocycles. The number of nitrogens with one attached hydrogen (secondary N) is 1. The summed E-state index contributed by atoms with van der Waals surface area (Å²) in [6, 6.07) is 13.8. The molecule has 1 atom stereocenters. The molecule has 0 saturated heterocycles. The predicted octanol–water partition coefficient (Wildman–Crippen LogP) is 4.42. The lowest BCUT2D eigenvalue weighted by Crippen LogP contribution is -2.49. The third-order valence-corrected chi connectivity index (χ3v) is 5.09. The van der Waals surface area contributed by atoms with E-state index in [-0.39, 0.29) is 25.0 Å². The van der Waals surface area contributed by atoms with Crippen molar-refractivity contribution in [2.75, 3.05) is 13.2 Å². The quantitative estimate of drug-likeness (QED) is 0.594. The number of nitrogens with zero attached hydrogens (tertiary/aromatic N) is 1. The molecule has 0 bridgehead atoms. The molecule has 2 rings (SSSR count). The molecule has 0 aliphatic rings. The SMILES string of the molecule is CCCNC(=O)[C@@H](C)N(Cc1ccccc1Cl)C(=O)COc1ccc(Br)cc1. The van der Waals surface area contributed by atoms with Gasteiger partial charge in [0.25, 0.3) is 5.91 Å². The van der Waals surface area contributed by atoms with Crippen LogP contribution in [0.1, 0.15) is 25.8 Å². The fraction of sp³-hybridized carbons (Fsp3) is 0.333. The van der Waals surface area contributed by atoms with Gasteiger partial charge in [0, 0.05) is 22.6 Å². The van der Waals surface area contributed by atoms with Gasteiger partial charge >= 0.3 is 0 Å². The summed E-state index contributed by atoms with van der Waals surface area (Å²) in [4.78, 5) is 26.8. The van der Waals surface area contributed by atoms with Gasteiger partial charge in [-0.25, -0.2) is 0 Å². The molecule has 5 nitrogen and oxygen atoms in total. The molecule has 0 unspecified atom stereocenters. The Labute approximate surface area is 179 Å². The Kier molecular flexibility index (Phi) is 8.80. The second-order valence-corrected chi connectivity index (χ2v) is 7.65. The van der Waals surface area contributed by atoms with Crippen LogP contribution < -0.4 is 10.1 Å². The lowest BCUT2D eigenvalue weighted by atomic mass is 10.1. The average Bonchev–Trinajstić information content (AvgIpc) is 2.70. The standard InChI is InChI=1S/C21H24BrClN2O3/c1-3-12-24-21(27)15(2)25(13-16-6-4-5-7-19(16)23)20(26)14-28-18-10-8-17(22)9-11-18/h4-11,15H,3,12-14H2,1-2H3,(H,24,27)/t15-/m1/s1. The maximum Gasteiger partial charge on any atom is 0.261 e. The number of halogens is 2. The minimum absolute atomic E-state index is 0.169. The van der Waals surface area contributed by atoms with Gasteiger partial charge in [0.05, 0.1) is 0 Å². The van der Waals surface area contributed by atoms with Crippen molar-refractivity contribution in [1.82, 2.24) is 10.2 Å². The van der Waals surface area contributed by atoms with Crippen LogP contribution in [0.25, 0.3) is 0 Å². The van der Waals surface area contributed by atoms with E-state index in [1.807, 2.05) is 37.3 Å². The van der Waals surface area contributed by atoms with Crippen molar-refractivity contribution in [2.24, 2.45) is 0 Å². The van der Waals surface area contributed by atoms with Gasteiger partial charge in [-0.3, -0.25) is 9.59 Å². The van der Waals surface area contributed by atoms with E-state index in [9.17, 15) is 9.59 Å². The van der Waals surface area contributed by atoms with Crippen LogP contribution in [-0.4, -0.2) is 35.9 Å². The molecule has 150 valence electrons. The van der Waals surface area contributed by atoms with E-state index < -0.39 is 6.04 Å². The van der Waals surface area contributed by atoms with Gasteiger partial charge in [0.1, 0.15) is 11.8 Å². The molecule has 0 spiro atoms. The summed E-state index contributed by atoms with van der Waals surface area (Å²) >= 11 is 9.61. The largest absolute Gasteiger partial charge is 0.484 e. The highest BCUT2D eigenvalue weighted by Gasteiger charge is 2.26. The monoisotopic (exact) mass is 466 g/mol. The van der Waals surface area contributed by atoms with Crippen molar-refractivity contribution in [3.63, 3.8) is 0 Å². The van der Waals surface area contributed by atoms with E-state index in [2.05, 4.69) is 21.2 Å². The molecule has 0 aromatic heterocycles. The van der Waals surface area contributed by atoms with Crippen molar-refractivity contribution in [2.45, 2.75) is 32.9 Å². The lowest BCUT2D eigenvalue weighted by Gasteiger charge is -2.29. The first-order valence-electron chi connectivity index (χ1n) is 9.11. The highest BCUT2D eigenvalue weighted by atomic mass is 79.9. The van der Waals surface area contributed by atoms with Crippen molar-refractivity contribution in [3.8, 4) is 5.75 Å². The van der Waals surface area contributed by atoms with Crippen LogP contribution in [0.3, 0.4) is 0 Å². The second kappa shape index (κ2) is 11.1. The molecule has 0 aliphatic heterocycles. The fourth-order valence-electron chi connectivity index (χ4n) is 2.55. The van der Waals surface area contributed by atoms with Crippen molar-refractivity contribution in [1.29, 1.82) is 0 Å². The molecule has 1 N–H and O–H groups in total. The zero-order valence-corrected chi connectivity index (χ0v) is 18.3. The Bertz CT molecular complexity index is 798. The molecule has 2 aromatic rings. The van der Waals surface area contributed by atoms with E-state index in [0.29, 0.717) is 17.3 Å². The summed E-state index contributed by atoms with van der Waals surface area (Å²) in [5.74, 6) is 0.0882. The highest BCUT2D eigenvalue weighted by molar-refractivity contribution is 9.10. The van der Waals surface area contributed by atoms with Gasteiger partial charge in [0.15, 0.2) is 6.61 Å². The number of hydrogen-bond acceptors (Lipinski definition) is 3. The van der Waals surface area contributed by atoms with E-state index in [1.165, 1.54) is 4.90 Å². The molecular formula is C21H24BrClN2O3. The zero-order valence-electron chi connectivity index (χ0n) is 16.0. The number of amides is 2. The Hall–Kier alpha value is -2.05. The van der Waals surface area contributed by atoms with Crippen LogP contribution >= 0.6 is 27.5 Å². The van der Waals surface area contributed by atoms with E-state index >= 15 is 0 Å². The van der Waals surface area contributed by atoms with Crippen LogP contribution in [0, 0.1) is 0 Å². The molecule has 2 amide bonds. The van der Waals surface area contributed by atoms with E-state index in [4.69, 9.17) is 16.3 Å². The van der Waals surface area contributed by atoms with Gasteiger partial charge in [-0.1, -0.05) is 52.7 Å². The highest BCUT2D eigenvalue weighted by Crippen LogP contribution is 2.20. The minimum Gasteiger partial charge on any atom is -0.484 e. The molecule has 7 heteroatoms. The number of carbonyl (C=O) groups excluding carboxylic acids is 2.